The third kappa shape index (κ3) is 15.9. The van der Waals surface area contributed by atoms with Crippen LogP contribution in [0.3, 0.4) is 0 Å². The van der Waals surface area contributed by atoms with E-state index in [1.807, 2.05) is 43.3 Å². The summed E-state index contributed by atoms with van der Waals surface area (Å²) in [5, 5.41) is 4.51. The van der Waals surface area contributed by atoms with E-state index in [0.717, 1.165) is 170 Å². The Morgan fingerprint density at radius 3 is 1.87 bits per heavy atom. The fourth-order valence-corrected chi connectivity index (χ4v) is 11.0. The first kappa shape index (κ1) is 52.5. The Morgan fingerprint density at radius 2 is 1.25 bits per heavy atom. The number of aromatic nitrogens is 1. The number of piperidine rings is 2. The van der Waals surface area contributed by atoms with Gasteiger partial charge in [-0.25, -0.2) is 0 Å². The van der Waals surface area contributed by atoms with E-state index in [-0.39, 0.29) is 43.2 Å². The van der Waals surface area contributed by atoms with E-state index in [4.69, 9.17) is 44.1 Å². The molecule has 67 heavy (non-hydrogen) atoms. The first-order valence-electron chi connectivity index (χ1n) is 24.6. The van der Waals surface area contributed by atoms with Gasteiger partial charge in [-0.1, -0.05) is 48.9 Å². The summed E-state index contributed by atoms with van der Waals surface area (Å²) in [5.74, 6) is 1.76. The van der Waals surface area contributed by atoms with Gasteiger partial charge < -0.3 is 36.1 Å². The van der Waals surface area contributed by atoms with Gasteiger partial charge in [0.05, 0.1) is 16.8 Å². The zero-order valence-corrected chi connectivity index (χ0v) is 42.4. The maximum Gasteiger partial charge on any atom is 0.230 e. The Bertz CT molecular complexity index is 2200. The number of hydrogen-bond acceptors (Lipinski definition) is 11. The SMILES string of the molecule is Cc1cc(Cl)cc(-c2ccnc3cc(CN4C(=O)CCC4=O)sc23)c1OC1CCN(CCCNC(=O)CCCCCCCCN)CC1.Cc1cc(Cl)cc(C)c1OC1CCN(CCCN)CC1. The molecule has 3 fully saturated rings. The molecule has 0 unspecified atom stereocenters. The Morgan fingerprint density at radius 1 is 0.716 bits per heavy atom. The van der Waals surface area contributed by atoms with E-state index < -0.39 is 0 Å². The Balaban J connectivity index is 0.000000308. The van der Waals surface area contributed by atoms with Crippen LogP contribution in [0.1, 0.15) is 118 Å². The van der Waals surface area contributed by atoms with Crippen LogP contribution >= 0.6 is 34.5 Å². The Kier molecular flexibility index (Phi) is 21.0. The van der Waals surface area contributed by atoms with E-state index >= 15 is 0 Å². The molecule has 12 nitrogen and oxygen atoms in total. The molecule has 4 aromatic rings. The second-order valence-corrected chi connectivity index (χ2v) is 20.5. The fourth-order valence-electron chi connectivity index (χ4n) is 9.31. The molecule has 0 radical (unpaired) electrons. The summed E-state index contributed by atoms with van der Waals surface area (Å²) in [4.78, 5) is 48.4. The smallest absolute Gasteiger partial charge is 0.230 e. The number of carbonyl (C=O) groups excluding carboxylic acids is 3. The van der Waals surface area contributed by atoms with Crippen molar-refractivity contribution >= 4 is 62.5 Å². The summed E-state index contributed by atoms with van der Waals surface area (Å²) in [5.41, 5.74) is 17.1. The third-order valence-corrected chi connectivity index (χ3v) is 14.6. The first-order valence-corrected chi connectivity index (χ1v) is 26.2. The monoisotopic (exact) mass is 977 g/mol. The fraction of sp³-hybridized carbons (Fsp3) is 0.577. The largest absolute Gasteiger partial charge is 0.490 e. The lowest BCUT2D eigenvalue weighted by Crippen LogP contribution is -2.39. The zero-order valence-electron chi connectivity index (χ0n) is 40.0. The molecule has 3 amide bonds. The number of thiophene rings is 1. The molecule has 0 aliphatic carbocycles. The van der Waals surface area contributed by atoms with Crippen LogP contribution in [0.4, 0.5) is 0 Å². The van der Waals surface area contributed by atoms with Gasteiger partial charge >= 0.3 is 0 Å². The van der Waals surface area contributed by atoms with Gasteiger partial charge in [-0.05, 0) is 151 Å². The van der Waals surface area contributed by atoms with Crippen molar-refractivity contribution in [2.45, 2.75) is 136 Å². The van der Waals surface area contributed by atoms with Gasteiger partial charge in [-0.15, -0.1) is 11.3 Å². The number of amides is 3. The maximum atomic E-state index is 12.2. The number of unbranched alkanes of at least 4 members (excludes halogenated alkanes) is 5. The van der Waals surface area contributed by atoms with Gasteiger partial charge in [0.25, 0.3) is 0 Å². The summed E-state index contributed by atoms with van der Waals surface area (Å²) in [7, 11) is 0. The van der Waals surface area contributed by atoms with Crippen molar-refractivity contribution in [3.05, 3.63) is 74.2 Å². The molecule has 7 rings (SSSR count). The third-order valence-electron chi connectivity index (χ3n) is 13.0. The number of benzene rings is 2. The number of nitrogens with one attached hydrogen (secondary N) is 1. The van der Waals surface area contributed by atoms with Gasteiger partial charge in [0.15, 0.2) is 0 Å². The lowest BCUT2D eigenvalue weighted by atomic mass is 10.0. The van der Waals surface area contributed by atoms with Crippen LogP contribution in [0.15, 0.2) is 42.6 Å². The van der Waals surface area contributed by atoms with Crippen LogP contribution in [0.5, 0.6) is 11.5 Å². The first-order chi connectivity index (χ1) is 32.4. The summed E-state index contributed by atoms with van der Waals surface area (Å²) >= 11 is 14.2. The standard InChI is InChI=1S/C36H48ClN5O4S.C16H25ClN2O/c1-25-21-26(37)22-30(29-12-17-39-31-23-28(47-36(29)31)24-42-33(44)10-11-34(42)45)35(25)46-27-13-19-41(20-14-27)18-8-16-40-32(43)9-6-4-2-3-5-7-15-38;1-12-10-14(17)11-13(2)16(12)20-15-4-8-19(9-5-15)7-3-6-18/h12,17,21-23,27H,2-11,13-16,18-20,24,38H2,1H3,(H,40,43);10-11,15H,3-9,18H2,1-2H3. The van der Waals surface area contributed by atoms with Crippen LogP contribution < -0.4 is 26.3 Å². The Hall–Kier alpha value is -3.82. The lowest BCUT2D eigenvalue weighted by molar-refractivity contribution is -0.139. The minimum atomic E-state index is -0.120. The second kappa shape index (κ2) is 26.8. The van der Waals surface area contributed by atoms with Gasteiger partial charge in [-0.2, -0.15) is 0 Å². The molecule has 3 saturated heterocycles. The van der Waals surface area contributed by atoms with Crippen LogP contribution in [-0.4, -0.2) is 109 Å². The quantitative estimate of drug-likeness (QED) is 0.0512. The van der Waals surface area contributed by atoms with E-state index in [2.05, 4.69) is 33.9 Å². The number of imide groups is 1. The van der Waals surface area contributed by atoms with Crippen LogP contribution in [-0.2, 0) is 20.9 Å². The molecular formula is C52H73Cl2N7O5S. The van der Waals surface area contributed by atoms with Crippen molar-refractivity contribution in [3.8, 4) is 22.6 Å². The van der Waals surface area contributed by atoms with Gasteiger partial charge in [0, 0.05) is 84.2 Å². The van der Waals surface area contributed by atoms with Crippen molar-refractivity contribution in [2.75, 3.05) is 58.9 Å². The van der Waals surface area contributed by atoms with Crippen LogP contribution in [0, 0.1) is 20.8 Å². The molecule has 5 heterocycles. The lowest BCUT2D eigenvalue weighted by Gasteiger charge is -2.33. The van der Waals surface area contributed by atoms with Gasteiger partial charge in [-0.3, -0.25) is 24.3 Å². The molecule has 0 saturated carbocycles. The summed E-state index contributed by atoms with van der Waals surface area (Å²) in [6.07, 6.45) is 16.2. The number of likely N-dealkylation sites (tertiary alicyclic amines) is 3. The number of rotatable bonds is 22. The molecule has 15 heteroatoms. The van der Waals surface area contributed by atoms with Crippen molar-refractivity contribution in [1.82, 2.24) is 25.0 Å². The molecule has 366 valence electrons. The predicted molar refractivity (Wildman–Crippen MR) is 273 cm³/mol. The molecule has 0 bridgehead atoms. The number of pyridine rings is 1. The zero-order chi connectivity index (χ0) is 47.7. The van der Waals surface area contributed by atoms with Crippen LogP contribution in [0.2, 0.25) is 10.0 Å². The molecule has 2 aromatic heterocycles. The summed E-state index contributed by atoms with van der Waals surface area (Å²) in [6.45, 7) is 14.9. The number of aryl methyl sites for hydroxylation is 3. The minimum absolute atomic E-state index is 0.0864. The number of fused-ring (bicyclic) bond motifs is 1. The highest BCUT2D eigenvalue weighted by atomic mass is 35.5. The number of halogens is 2. The minimum Gasteiger partial charge on any atom is -0.490 e. The van der Waals surface area contributed by atoms with Crippen molar-refractivity contribution in [1.29, 1.82) is 0 Å². The van der Waals surface area contributed by atoms with E-state index in [1.165, 1.54) is 24.2 Å². The summed E-state index contributed by atoms with van der Waals surface area (Å²) < 4.78 is 13.9. The van der Waals surface area contributed by atoms with Gasteiger partial charge in [0.2, 0.25) is 17.7 Å². The topological polar surface area (TPSA) is 156 Å². The molecule has 0 atom stereocenters. The molecule has 0 spiro atoms. The van der Waals surface area contributed by atoms with E-state index in [1.54, 1.807) is 17.5 Å². The highest BCUT2D eigenvalue weighted by molar-refractivity contribution is 7.19. The Labute approximate surface area is 412 Å². The number of hydrogen-bond donors (Lipinski definition) is 3. The average molecular weight is 979 g/mol. The molecule has 3 aliphatic heterocycles. The molecule has 5 N–H and O–H groups in total. The molecule has 2 aromatic carbocycles. The van der Waals surface area contributed by atoms with Crippen molar-refractivity contribution in [2.24, 2.45) is 11.5 Å². The number of nitrogens with two attached hydrogens (primary N) is 2. The molecular weight excluding hydrogens is 906 g/mol. The normalized spacial score (nSPS) is 16.4. The second-order valence-electron chi connectivity index (χ2n) is 18.5. The van der Waals surface area contributed by atoms with Crippen LogP contribution in [0.25, 0.3) is 21.3 Å². The molecule has 3 aliphatic rings. The van der Waals surface area contributed by atoms with E-state index in [9.17, 15) is 14.4 Å². The number of carbonyl (C=O) groups is 3. The highest BCUT2D eigenvalue weighted by Crippen LogP contribution is 2.42. The highest BCUT2D eigenvalue weighted by Gasteiger charge is 2.30. The van der Waals surface area contributed by atoms with E-state index in [0.29, 0.717) is 24.1 Å². The number of nitrogens with zero attached hydrogens (tertiary/aromatic N) is 4. The maximum absolute atomic E-state index is 12.2. The number of ether oxygens (including phenoxy) is 2. The van der Waals surface area contributed by atoms with Gasteiger partial charge in [0.1, 0.15) is 23.7 Å². The van der Waals surface area contributed by atoms with Crippen molar-refractivity contribution in [3.63, 3.8) is 0 Å². The predicted octanol–water partition coefficient (Wildman–Crippen LogP) is 9.76. The van der Waals surface area contributed by atoms with Crippen molar-refractivity contribution < 1.29 is 23.9 Å². The summed E-state index contributed by atoms with van der Waals surface area (Å²) in [6, 6.07) is 11.8. The average Bonchev–Trinajstić information content (AvgIpc) is 3.88.